The van der Waals surface area contributed by atoms with Crippen molar-refractivity contribution < 1.29 is 9.59 Å². The summed E-state index contributed by atoms with van der Waals surface area (Å²) in [7, 11) is 4.09. The molecule has 5 heteroatoms. The molecule has 1 aliphatic carbocycles. The molecule has 2 aliphatic rings. The Hall–Kier alpha value is -1.10. The standard InChI is InChI=1S/C18H33N3O2/c1-20(2)12-6-11-19-17(22)15-9-13-21(14-10-15)18(23)16-7-4-3-5-8-16/h15-16H,3-14H2,1-2H3,(H,19,22). The fourth-order valence-corrected chi connectivity index (χ4v) is 3.72. The van der Waals surface area contributed by atoms with Crippen LogP contribution in [0.25, 0.3) is 0 Å². The molecule has 0 unspecified atom stereocenters. The third-order valence-electron chi connectivity index (χ3n) is 5.21. The van der Waals surface area contributed by atoms with Gasteiger partial charge in [-0.25, -0.2) is 0 Å². The van der Waals surface area contributed by atoms with Crippen molar-refractivity contribution in [3.05, 3.63) is 0 Å². The number of rotatable bonds is 6. The van der Waals surface area contributed by atoms with Gasteiger partial charge in [0.05, 0.1) is 0 Å². The Morgan fingerprint density at radius 3 is 2.26 bits per heavy atom. The van der Waals surface area contributed by atoms with Gasteiger partial charge in [0.15, 0.2) is 0 Å². The van der Waals surface area contributed by atoms with Crippen LogP contribution < -0.4 is 5.32 Å². The molecule has 5 nitrogen and oxygen atoms in total. The van der Waals surface area contributed by atoms with E-state index in [2.05, 4.69) is 10.2 Å². The fourth-order valence-electron chi connectivity index (χ4n) is 3.72. The van der Waals surface area contributed by atoms with Gasteiger partial charge in [-0.3, -0.25) is 9.59 Å². The Labute approximate surface area is 140 Å². The lowest BCUT2D eigenvalue weighted by molar-refractivity contribution is -0.140. The van der Waals surface area contributed by atoms with Gasteiger partial charge in [0.2, 0.25) is 11.8 Å². The highest BCUT2D eigenvalue weighted by atomic mass is 16.2. The molecular formula is C18H33N3O2. The Balaban J connectivity index is 1.66. The van der Waals surface area contributed by atoms with Crippen LogP contribution in [0, 0.1) is 11.8 Å². The second-order valence-electron chi connectivity index (χ2n) is 7.38. The predicted octanol–water partition coefficient (Wildman–Crippen LogP) is 1.87. The number of likely N-dealkylation sites (tertiary alicyclic amines) is 1. The highest BCUT2D eigenvalue weighted by Crippen LogP contribution is 2.27. The fraction of sp³-hybridized carbons (Fsp3) is 0.889. The van der Waals surface area contributed by atoms with Crippen LogP contribution in [-0.4, -0.2) is 61.9 Å². The zero-order valence-electron chi connectivity index (χ0n) is 14.9. The second kappa shape index (κ2) is 9.26. The molecule has 0 aromatic rings. The zero-order valence-corrected chi connectivity index (χ0v) is 14.9. The molecule has 0 radical (unpaired) electrons. The summed E-state index contributed by atoms with van der Waals surface area (Å²) >= 11 is 0. The number of nitrogens with zero attached hydrogens (tertiary/aromatic N) is 2. The van der Waals surface area contributed by atoms with E-state index in [1.165, 1.54) is 19.3 Å². The highest BCUT2D eigenvalue weighted by Gasteiger charge is 2.31. The van der Waals surface area contributed by atoms with E-state index in [0.717, 1.165) is 58.3 Å². The van der Waals surface area contributed by atoms with Crippen LogP contribution in [0.5, 0.6) is 0 Å². The minimum Gasteiger partial charge on any atom is -0.356 e. The van der Waals surface area contributed by atoms with Gasteiger partial charge in [-0.05, 0) is 52.7 Å². The van der Waals surface area contributed by atoms with Gasteiger partial charge < -0.3 is 15.1 Å². The van der Waals surface area contributed by atoms with Gasteiger partial charge in [-0.2, -0.15) is 0 Å². The maximum Gasteiger partial charge on any atom is 0.225 e. The lowest BCUT2D eigenvalue weighted by Gasteiger charge is -2.34. The van der Waals surface area contributed by atoms with E-state index in [1.807, 2.05) is 19.0 Å². The predicted molar refractivity (Wildman–Crippen MR) is 92.1 cm³/mol. The van der Waals surface area contributed by atoms with E-state index in [0.29, 0.717) is 5.91 Å². The molecule has 23 heavy (non-hydrogen) atoms. The Morgan fingerprint density at radius 1 is 1.00 bits per heavy atom. The normalized spacial score (nSPS) is 20.7. The summed E-state index contributed by atoms with van der Waals surface area (Å²) in [6.45, 7) is 3.25. The van der Waals surface area contributed by atoms with Crippen LogP contribution in [0.15, 0.2) is 0 Å². The van der Waals surface area contributed by atoms with Crippen LogP contribution in [0.4, 0.5) is 0 Å². The molecule has 0 aromatic carbocycles. The van der Waals surface area contributed by atoms with Crippen LogP contribution in [0.3, 0.4) is 0 Å². The molecule has 1 heterocycles. The van der Waals surface area contributed by atoms with Crippen LogP contribution >= 0.6 is 0 Å². The molecule has 132 valence electrons. The lowest BCUT2D eigenvalue weighted by Crippen LogP contribution is -2.45. The van der Waals surface area contributed by atoms with Crippen molar-refractivity contribution in [3.8, 4) is 0 Å². The number of nitrogens with one attached hydrogen (secondary N) is 1. The molecule has 2 amide bonds. The zero-order chi connectivity index (χ0) is 16.7. The topological polar surface area (TPSA) is 52.7 Å². The molecule has 2 fully saturated rings. The summed E-state index contributed by atoms with van der Waals surface area (Å²) in [5.41, 5.74) is 0. The average molecular weight is 323 g/mol. The smallest absolute Gasteiger partial charge is 0.225 e. The first kappa shape index (κ1) is 18.2. The first-order valence-electron chi connectivity index (χ1n) is 9.29. The van der Waals surface area contributed by atoms with Gasteiger partial charge in [0.1, 0.15) is 0 Å². The summed E-state index contributed by atoms with van der Waals surface area (Å²) in [4.78, 5) is 28.9. The van der Waals surface area contributed by atoms with E-state index in [9.17, 15) is 9.59 Å². The first-order chi connectivity index (χ1) is 11.1. The van der Waals surface area contributed by atoms with Crippen molar-refractivity contribution in [2.75, 3.05) is 40.3 Å². The van der Waals surface area contributed by atoms with Gasteiger partial charge in [-0.15, -0.1) is 0 Å². The highest BCUT2D eigenvalue weighted by molar-refractivity contribution is 5.81. The van der Waals surface area contributed by atoms with E-state index in [1.54, 1.807) is 0 Å². The van der Waals surface area contributed by atoms with Gasteiger partial charge in [-0.1, -0.05) is 19.3 Å². The molecule has 1 saturated carbocycles. The summed E-state index contributed by atoms with van der Waals surface area (Å²) in [6.07, 6.45) is 8.41. The van der Waals surface area contributed by atoms with Crippen molar-refractivity contribution in [1.29, 1.82) is 0 Å². The third-order valence-corrected chi connectivity index (χ3v) is 5.21. The van der Waals surface area contributed by atoms with E-state index in [4.69, 9.17) is 0 Å². The van der Waals surface area contributed by atoms with E-state index >= 15 is 0 Å². The molecule has 1 N–H and O–H groups in total. The van der Waals surface area contributed by atoms with Crippen molar-refractivity contribution in [3.63, 3.8) is 0 Å². The molecule has 0 aromatic heterocycles. The summed E-state index contributed by atoms with van der Waals surface area (Å²) < 4.78 is 0. The number of piperidine rings is 1. The largest absolute Gasteiger partial charge is 0.356 e. The number of amides is 2. The Morgan fingerprint density at radius 2 is 1.65 bits per heavy atom. The average Bonchev–Trinajstić information content (AvgIpc) is 2.58. The number of carbonyl (C=O) groups excluding carboxylic acids is 2. The molecule has 1 aliphatic heterocycles. The minimum absolute atomic E-state index is 0.0877. The number of carbonyl (C=O) groups is 2. The minimum atomic E-state index is 0.0877. The van der Waals surface area contributed by atoms with Crippen LogP contribution in [-0.2, 0) is 9.59 Å². The number of hydrogen-bond acceptors (Lipinski definition) is 3. The molecule has 0 bridgehead atoms. The summed E-state index contributed by atoms with van der Waals surface area (Å²) in [5, 5.41) is 3.05. The Kier molecular flexibility index (Phi) is 7.34. The van der Waals surface area contributed by atoms with Gasteiger partial charge in [0.25, 0.3) is 0 Å². The maximum absolute atomic E-state index is 12.5. The monoisotopic (exact) mass is 323 g/mol. The molecule has 1 saturated heterocycles. The summed E-state index contributed by atoms with van der Waals surface area (Å²) in [5.74, 6) is 0.855. The first-order valence-corrected chi connectivity index (χ1v) is 9.29. The van der Waals surface area contributed by atoms with Crippen molar-refractivity contribution in [1.82, 2.24) is 15.1 Å². The molecule has 0 atom stereocenters. The second-order valence-corrected chi connectivity index (χ2v) is 7.38. The van der Waals surface area contributed by atoms with Gasteiger partial charge >= 0.3 is 0 Å². The third kappa shape index (κ3) is 5.79. The molecule has 2 rings (SSSR count). The molecule has 0 spiro atoms. The SMILES string of the molecule is CN(C)CCCNC(=O)C1CCN(C(=O)C2CCCCC2)CC1. The molecular weight excluding hydrogens is 290 g/mol. The summed E-state index contributed by atoms with van der Waals surface area (Å²) in [6, 6.07) is 0. The van der Waals surface area contributed by atoms with Crippen molar-refractivity contribution >= 4 is 11.8 Å². The quantitative estimate of drug-likeness (QED) is 0.759. The van der Waals surface area contributed by atoms with Gasteiger partial charge in [0, 0.05) is 31.5 Å². The maximum atomic E-state index is 12.5. The van der Waals surface area contributed by atoms with E-state index in [-0.39, 0.29) is 17.7 Å². The van der Waals surface area contributed by atoms with Crippen molar-refractivity contribution in [2.24, 2.45) is 11.8 Å². The van der Waals surface area contributed by atoms with Crippen LogP contribution in [0.2, 0.25) is 0 Å². The van der Waals surface area contributed by atoms with E-state index < -0.39 is 0 Å². The lowest BCUT2D eigenvalue weighted by atomic mass is 9.87. The van der Waals surface area contributed by atoms with Crippen molar-refractivity contribution in [2.45, 2.75) is 51.4 Å². The number of hydrogen-bond donors (Lipinski definition) is 1. The Bertz CT molecular complexity index is 384. The van der Waals surface area contributed by atoms with Crippen LogP contribution in [0.1, 0.15) is 51.4 Å².